The molecule has 30 heavy (non-hydrogen) atoms. The normalized spacial score (nSPS) is 21.4. The number of rotatable bonds is 4. The van der Waals surface area contributed by atoms with Crippen molar-refractivity contribution < 1.29 is 23.9 Å². The number of carbonyl (C=O) groups excluding carboxylic acids is 3. The van der Waals surface area contributed by atoms with Crippen molar-refractivity contribution in [2.24, 2.45) is 5.92 Å². The van der Waals surface area contributed by atoms with E-state index in [1.807, 2.05) is 12.1 Å². The Balaban J connectivity index is 1.51. The van der Waals surface area contributed by atoms with Crippen LogP contribution in [0.5, 0.6) is 0 Å². The fraction of sp³-hybridized carbons (Fsp3) is 0.591. The number of hydrogen-bond donors (Lipinski definition) is 3. The molecule has 2 heterocycles. The fourth-order valence-electron chi connectivity index (χ4n) is 4.99. The predicted molar refractivity (Wildman–Crippen MR) is 111 cm³/mol. The summed E-state index contributed by atoms with van der Waals surface area (Å²) < 4.78 is 10.2. The molecule has 1 atom stereocenters. The van der Waals surface area contributed by atoms with Crippen LogP contribution in [0.4, 0.5) is 16.2 Å². The lowest BCUT2D eigenvalue weighted by Gasteiger charge is -2.31. The molecular weight excluding hydrogens is 386 g/mol. The van der Waals surface area contributed by atoms with Crippen LogP contribution in [0.2, 0.25) is 0 Å². The van der Waals surface area contributed by atoms with E-state index < -0.39 is 17.6 Å². The summed E-state index contributed by atoms with van der Waals surface area (Å²) in [6.45, 7) is 1.13. The van der Waals surface area contributed by atoms with Gasteiger partial charge in [-0.2, -0.15) is 0 Å². The minimum absolute atomic E-state index is 0.00304. The first kappa shape index (κ1) is 20.7. The minimum atomic E-state index is -0.651. The van der Waals surface area contributed by atoms with E-state index in [0.717, 1.165) is 43.4 Å². The van der Waals surface area contributed by atoms with Crippen LogP contribution in [-0.2, 0) is 24.5 Å². The maximum absolute atomic E-state index is 13.0. The lowest BCUT2D eigenvalue weighted by molar-refractivity contribution is -0.124. The second kappa shape index (κ2) is 8.63. The van der Waals surface area contributed by atoms with Crippen LogP contribution in [0.3, 0.4) is 0 Å². The largest absolute Gasteiger partial charge is 0.453 e. The molecule has 3 amide bonds. The van der Waals surface area contributed by atoms with Crippen LogP contribution in [0.15, 0.2) is 18.2 Å². The van der Waals surface area contributed by atoms with Gasteiger partial charge in [0.25, 0.3) is 0 Å². The SMILES string of the molecule is COC(=O)N[C@H](C(=O)Nc1ccc2c(c1)NC(=O)C21CCOCC1)C1CCCCC1. The quantitative estimate of drug-likeness (QED) is 0.701. The van der Waals surface area contributed by atoms with Gasteiger partial charge >= 0.3 is 6.09 Å². The first-order valence-electron chi connectivity index (χ1n) is 10.7. The molecule has 3 N–H and O–H groups in total. The zero-order chi connectivity index (χ0) is 21.1. The molecule has 162 valence electrons. The number of ether oxygens (including phenoxy) is 2. The third-order valence-electron chi connectivity index (χ3n) is 6.69. The van der Waals surface area contributed by atoms with Crippen molar-refractivity contribution in [3.63, 3.8) is 0 Å². The molecule has 3 aliphatic rings. The molecule has 1 saturated heterocycles. The van der Waals surface area contributed by atoms with Gasteiger partial charge in [-0.3, -0.25) is 9.59 Å². The first-order valence-corrected chi connectivity index (χ1v) is 10.7. The standard InChI is InChI=1S/C22H29N3O5/c1-29-21(28)25-18(14-5-3-2-4-6-14)19(26)23-15-7-8-16-17(13-15)24-20(27)22(16)9-11-30-12-10-22/h7-8,13-14,18H,2-6,9-12H2,1H3,(H,23,26)(H,24,27)(H,25,28)/t18-/m0/s1. The zero-order valence-corrected chi connectivity index (χ0v) is 17.3. The molecule has 1 aliphatic carbocycles. The number of hydrogen-bond acceptors (Lipinski definition) is 5. The van der Waals surface area contributed by atoms with Gasteiger partial charge in [0.1, 0.15) is 6.04 Å². The number of methoxy groups -OCH3 is 1. The summed E-state index contributed by atoms with van der Waals surface area (Å²) in [5.41, 5.74) is 1.75. The number of alkyl carbamates (subject to hydrolysis) is 1. The zero-order valence-electron chi connectivity index (χ0n) is 17.3. The molecule has 1 aromatic rings. The van der Waals surface area contributed by atoms with Gasteiger partial charge in [-0.25, -0.2) is 4.79 Å². The summed E-state index contributed by atoms with van der Waals surface area (Å²) in [5, 5.41) is 8.59. The van der Waals surface area contributed by atoms with E-state index in [4.69, 9.17) is 9.47 Å². The summed E-state index contributed by atoms with van der Waals surface area (Å²) in [6.07, 6.45) is 5.75. The Morgan fingerprint density at radius 3 is 2.63 bits per heavy atom. The number of nitrogens with one attached hydrogen (secondary N) is 3. The number of carbonyl (C=O) groups is 3. The predicted octanol–water partition coefficient (Wildman–Crippen LogP) is 2.93. The smallest absolute Gasteiger partial charge is 0.407 e. The van der Waals surface area contributed by atoms with Crippen molar-refractivity contribution in [3.8, 4) is 0 Å². The molecule has 2 aliphatic heterocycles. The molecule has 8 nitrogen and oxygen atoms in total. The Morgan fingerprint density at radius 1 is 1.20 bits per heavy atom. The number of amides is 3. The lowest BCUT2D eigenvalue weighted by atomic mass is 9.75. The van der Waals surface area contributed by atoms with E-state index in [0.29, 0.717) is 31.7 Å². The topological polar surface area (TPSA) is 106 Å². The highest BCUT2D eigenvalue weighted by atomic mass is 16.5. The van der Waals surface area contributed by atoms with Crippen molar-refractivity contribution >= 4 is 29.3 Å². The highest BCUT2D eigenvalue weighted by Gasteiger charge is 2.47. The Hall–Kier alpha value is -2.61. The summed E-state index contributed by atoms with van der Waals surface area (Å²) >= 11 is 0. The summed E-state index contributed by atoms with van der Waals surface area (Å²) in [6, 6.07) is 4.88. The van der Waals surface area contributed by atoms with Crippen molar-refractivity contribution in [2.75, 3.05) is 31.0 Å². The van der Waals surface area contributed by atoms with Crippen molar-refractivity contribution in [2.45, 2.75) is 56.4 Å². The van der Waals surface area contributed by atoms with Crippen molar-refractivity contribution in [1.29, 1.82) is 0 Å². The molecule has 2 fully saturated rings. The van der Waals surface area contributed by atoms with E-state index in [9.17, 15) is 14.4 Å². The molecule has 0 unspecified atom stereocenters. The average Bonchev–Trinajstić information content (AvgIpc) is 3.03. The third kappa shape index (κ3) is 3.88. The van der Waals surface area contributed by atoms with Crippen LogP contribution in [-0.4, -0.2) is 44.3 Å². The van der Waals surface area contributed by atoms with Crippen LogP contribution in [0, 0.1) is 5.92 Å². The summed E-state index contributed by atoms with van der Waals surface area (Å²) in [7, 11) is 1.29. The maximum atomic E-state index is 13.0. The van der Waals surface area contributed by atoms with E-state index in [1.54, 1.807) is 6.07 Å². The van der Waals surface area contributed by atoms with Gasteiger partial charge in [-0.05, 0) is 49.3 Å². The van der Waals surface area contributed by atoms with Gasteiger partial charge in [0, 0.05) is 24.6 Å². The monoisotopic (exact) mass is 415 g/mol. The highest BCUT2D eigenvalue weighted by molar-refractivity contribution is 6.07. The molecule has 4 rings (SSSR count). The van der Waals surface area contributed by atoms with Gasteiger partial charge in [-0.1, -0.05) is 25.3 Å². The van der Waals surface area contributed by atoms with Gasteiger partial charge in [-0.15, -0.1) is 0 Å². The Morgan fingerprint density at radius 2 is 1.93 bits per heavy atom. The Bertz CT molecular complexity index is 828. The molecule has 0 bridgehead atoms. The van der Waals surface area contributed by atoms with Gasteiger partial charge in [0.15, 0.2) is 0 Å². The number of benzene rings is 1. The van der Waals surface area contributed by atoms with Gasteiger partial charge < -0.3 is 25.4 Å². The van der Waals surface area contributed by atoms with Crippen LogP contribution < -0.4 is 16.0 Å². The van der Waals surface area contributed by atoms with Crippen LogP contribution in [0.1, 0.15) is 50.5 Å². The molecular formula is C22H29N3O5. The summed E-state index contributed by atoms with van der Waals surface area (Å²) in [5.74, 6) is -0.188. The van der Waals surface area contributed by atoms with Crippen molar-refractivity contribution in [3.05, 3.63) is 23.8 Å². The lowest BCUT2D eigenvalue weighted by Crippen LogP contribution is -2.49. The Kier molecular flexibility index (Phi) is 5.94. The minimum Gasteiger partial charge on any atom is -0.453 e. The van der Waals surface area contributed by atoms with E-state index in [-0.39, 0.29) is 17.7 Å². The molecule has 1 aromatic carbocycles. The summed E-state index contributed by atoms with van der Waals surface area (Å²) in [4.78, 5) is 37.5. The first-order chi connectivity index (χ1) is 14.5. The molecule has 1 spiro atoms. The van der Waals surface area contributed by atoms with Crippen LogP contribution in [0.25, 0.3) is 0 Å². The van der Waals surface area contributed by atoms with Crippen molar-refractivity contribution in [1.82, 2.24) is 5.32 Å². The van der Waals surface area contributed by atoms with Gasteiger partial charge in [0.05, 0.1) is 12.5 Å². The van der Waals surface area contributed by atoms with E-state index in [2.05, 4.69) is 16.0 Å². The van der Waals surface area contributed by atoms with E-state index >= 15 is 0 Å². The Labute approximate surface area is 176 Å². The molecule has 0 aromatic heterocycles. The highest BCUT2D eigenvalue weighted by Crippen LogP contribution is 2.45. The molecule has 0 radical (unpaired) electrons. The maximum Gasteiger partial charge on any atom is 0.407 e. The second-order valence-electron chi connectivity index (χ2n) is 8.41. The number of fused-ring (bicyclic) bond motifs is 2. The third-order valence-corrected chi connectivity index (χ3v) is 6.69. The second-order valence-corrected chi connectivity index (χ2v) is 8.41. The number of anilines is 2. The fourth-order valence-corrected chi connectivity index (χ4v) is 4.99. The van der Waals surface area contributed by atoms with Gasteiger partial charge in [0.2, 0.25) is 11.8 Å². The van der Waals surface area contributed by atoms with E-state index in [1.165, 1.54) is 7.11 Å². The molecule has 8 heteroatoms. The average molecular weight is 415 g/mol. The van der Waals surface area contributed by atoms with Crippen LogP contribution >= 0.6 is 0 Å². The molecule has 1 saturated carbocycles.